The summed E-state index contributed by atoms with van der Waals surface area (Å²) < 4.78 is 21.0. The Labute approximate surface area is 102 Å². The summed E-state index contributed by atoms with van der Waals surface area (Å²) in [5.74, 6) is 0. The van der Waals surface area contributed by atoms with Crippen LogP contribution in [0, 0.1) is 0 Å². The Bertz CT molecular complexity index is 273. The van der Waals surface area contributed by atoms with Crippen molar-refractivity contribution in [3.8, 4) is 0 Å². The number of ether oxygens (including phenoxy) is 3. The van der Waals surface area contributed by atoms with E-state index in [9.17, 15) is 4.89 Å². The molecule has 1 aliphatic heterocycles. The van der Waals surface area contributed by atoms with Gasteiger partial charge < -0.3 is 23.6 Å². The summed E-state index contributed by atoms with van der Waals surface area (Å²) in [5.41, 5.74) is 0. The Morgan fingerprint density at radius 1 is 1.44 bits per heavy atom. The lowest BCUT2D eigenvalue weighted by Gasteiger charge is -2.25. The predicted octanol–water partition coefficient (Wildman–Crippen LogP) is -0.142. The minimum absolute atomic E-state index is 0.313. The molecule has 1 N–H and O–H groups in total. The maximum absolute atomic E-state index is 9.57. The topological polar surface area (TPSA) is 57.2 Å². The minimum atomic E-state index is -2.79. The Balaban J connectivity index is 2.75. The molecular formula is C8H16BO5PS. The van der Waals surface area contributed by atoms with Gasteiger partial charge in [0.25, 0.3) is 0 Å². The summed E-state index contributed by atoms with van der Waals surface area (Å²) in [6.07, 6.45) is -1.32. The normalized spacial score (nSPS) is 38.5. The molecule has 5 atom stereocenters. The van der Waals surface area contributed by atoms with E-state index in [1.807, 2.05) is 0 Å². The van der Waals surface area contributed by atoms with Crippen LogP contribution in [-0.2, 0) is 30.5 Å². The van der Waals surface area contributed by atoms with Gasteiger partial charge in [-0.25, -0.2) is 0 Å². The SMILES string of the molecule is [B][C@@H]1O[C@H](COC)[C@@H](OP(C)(O)=S)[C@H]1OC. The fourth-order valence-electron chi connectivity index (χ4n) is 1.68. The van der Waals surface area contributed by atoms with E-state index in [0.29, 0.717) is 6.61 Å². The summed E-state index contributed by atoms with van der Waals surface area (Å²) in [4.78, 5) is 9.57. The maximum Gasteiger partial charge on any atom is 0.183 e. The van der Waals surface area contributed by atoms with Crippen molar-refractivity contribution >= 4 is 26.1 Å². The molecule has 0 aromatic rings. The van der Waals surface area contributed by atoms with Gasteiger partial charge in [-0.15, -0.1) is 0 Å². The van der Waals surface area contributed by atoms with Crippen molar-refractivity contribution < 1.29 is 23.6 Å². The second kappa shape index (κ2) is 5.91. The average molecular weight is 266 g/mol. The molecule has 0 saturated carbocycles. The Morgan fingerprint density at radius 3 is 2.50 bits per heavy atom. The van der Waals surface area contributed by atoms with Crippen molar-refractivity contribution in [1.82, 2.24) is 0 Å². The first-order valence-corrected chi connectivity index (χ1v) is 7.92. The van der Waals surface area contributed by atoms with E-state index in [-0.39, 0.29) is 6.10 Å². The van der Waals surface area contributed by atoms with Gasteiger partial charge in [-0.1, -0.05) is 0 Å². The molecule has 1 rings (SSSR count). The van der Waals surface area contributed by atoms with E-state index >= 15 is 0 Å². The van der Waals surface area contributed by atoms with Gasteiger partial charge in [-0.05, 0) is 11.8 Å². The summed E-state index contributed by atoms with van der Waals surface area (Å²) in [6.45, 7) is -1.00. The monoisotopic (exact) mass is 266 g/mol. The van der Waals surface area contributed by atoms with Crippen molar-refractivity contribution in [2.45, 2.75) is 24.3 Å². The van der Waals surface area contributed by atoms with Crippen LogP contribution in [-0.4, -0.2) is 64.5 Å². The highest BCUT2D eigenvalue weighted by atomic mass is 32.5. The Morgan fingerprint density at radius 2 is 2.06 bits per heavy atom. The summed E-state index contributed by atoms with van der Waals surface area (Å²) in [7, 11) is 8.79. The quantitative estimate of drug-likeness (QED) is 0.552. The molecule has 5 nitrogen and oxygen atoms in total. The van der Waals surface area contributed by atoms with Crippen LogP contribution in [0.2, 0.25) is 0 Å². The molecular weight excluding hydrogens is 250 g/mol. The van der Waals surface area contributed by atoms with Gasteiger partial charge in [0, 0.05) is 26.9 Å². The van der Waals surface area contributed by atoms with Crippen LogP contribution < -0.4 is 0 Å². The predicted molar refractivity (Wildman–Crippen MR) is 64.4 cm³/mol. The third kappa shape index (κ3) is 3.77. The molecule has 0 spiro atoms. The van der Waals surface area contributed by atoms with Gasteiger partial charge in [-0.2, -0.15) is 0 Å². The zero-order valence-corrected chi connectivity index (χ0v) is 11.2. The number of rotatable bonds is 5. The molecule has 92 valence electrons. The van der Waals surface area contributed by atoms with Crippen molar-refractivity contribution in [3.63, 3.8) is 0 Å². The molecule has 1 saturated heterocycles. The van der Waals surface area contributed by atoms with Crippen molar-refractivity contribution in [1.29, 1.82) is 0 Å². The van der Waals surface area contributed by atoms with E-state index in [2.05, 4.69) is 0 Å². The maximum atomic E-state index is 9.57. The highest BCUT2D eigenvalue weighted by Crippen LogP contribution is 2.43. The molecule has 0 aliphatic carbocycles. The zero-order chi connectivity index (χ0) is 12.3. The lowest BCUT2D eigenvalue weighted by molar-refractivity contribution is -0.0129. The third-order valence-electron chi connectivity index (χ3n) is 2.27. The first-order chi connectivity index (χ1) is 7.39. The van der Waals surface area contributed by atoms with Crippen LogP contribution in [0.3, 0.4) is 0 Å². The fraction of sp³-hybridized carbons (Fsp3) is 1.00. The lowest BCUT2D eigenvalue weighted by atomic mass is 9.93. The van der Waals surface area contributed by atoms with E-state index in [4.69, 9.17) is 38.4 Å². The van der Waals surface area contributed by atoms with E-state index in [0.717, 1.165) is 0 Å². The molecule has 1 aliphatic rings. The van der Waals surface area contributed by atoms with E-state index < -0.39 is 24.7 Å². The van der Waals surface area contributed by atoms with Crippen LogP contribution in [0.5, 0.6) is 0 Å². The van der Waals surface area contributed by atoms with Crippen LogP contribution in [0.1, 0.15) is 0 Å². The van der Waals surface area contributed by atoms with Gasteiger partial charge in [0.05, 0.1) is 6.61 Å². The van der Waals surface area contributed by atoms with Gasteiger partial charge in [0.15, 0.2) is 6.49 Å². The molecule has 1 fully saturated rings. The summed E-state index contributed by atoms with van der Waals surface area (Å²) in [6, 6.07) is -0.600. The molecule has 0 amide bonds. The van der Waals surface area contributed by atoms with Crippen LogP contribution in [0.15, 0.2) is 0 Å². The van der Waals surface area contributed by atoms with Gasteiger partial charge in [0.1, 0.15) is 26.2 Å². The highest BCUT2D eigenvalue weighted by Gasteiger charge is 2.44. The average Bonchev–Trinajstić information content (AvgIpc) is 2.41. The Kier molecular flexibility index (Phi) is 5.39. The highest BCUT2D eigenvalue weighted by molar-refractivity contribution is 8.09. The molecule has 2 radical (unpaired) electrons. The standard InChI is InChI=1S/C8H16BO5PS/c1-11-4-5-6(14-15(3,10)16)7(12-2)8(9)13-5/h5-8H,4H2,1-3H3,(H,10,16)/t5-,6-,7-,8-,15?/m1/s1. The third-order valence-corrected chi connectivity index (χ3v) is 3.16. The van der Waals surface area contributed by atoms with Crippen LogP contribution in [0.4, 0.5) is 0 Å². The first-order valence-electron chi connectivity index (χ1n) is 4.80. The van der Waals surface area contributed by atoms with Crippen molar-refractivity contribution in [2.75, 3.05) is 27.5 Å². The van der Waals surface area contributed by atoms with Crippen LogP contribution >= 0.6 is 6.49 Å². The van der Waals surface area contributed by atoms with Gasteiger partial charge >= 0.3 is 0 Å². The van der Waals surface area contributed by atoms with Gasteiger partial charge in [0.2, 0.25) is 0 Å². The van der Waals surface area contributed by atoms with E-state index in [1.165, 1.54) is 13.8 Å². The largest absolute Gasteiger partial charge is 0.382 e. The van der Waals surface area contributed by atoms with Crippen LogP contribution in [0.25, 0.3) is 0 Å². The molecule has 1 heterocycles. The second-order valence-electron chi connectivity index (χ2n) is 3.67. The Hall–Kier alpha value is 0.515. The summed E-state index contributed by atoms with van der Waals surface area (Å²) >= 11 is 4.85. The van der Waals surface area contributed by atoms with Crippen molar-refractivity contribution in [2.24, 2.45) is 0 Å². The molecule has 0 bridgehead atoms. The molecule has 1 unspecified atom stereocenters. The minimum Gasteiger partial charge on any atom is -0.382 e. The zero-order valence-electron chi connectivity index (χ0n) is 9.53. The molecule has 16 heavy (non-hydrogen) atoms. The first kappa shape index (κ1) is 14.6. The van der Waals surface area contributed by atoms with E-state index in [1.54, 1.807) is 7.11 Å². The smallest absolute Gasteiger partial charge is 0.183 e. The summed E-state index contributed by atoms with van der Waals surface area (Å²) in [5, 5.41) is 0. The fourth-order valence-corrected chi connectivity index (χ4v) is 2.68. The molecule has 8 heteroatoms. The second-order valence-corrected chi connectivity index (χ2v) is 7.52. The number of methoxy groups -OCH3 is 2. The molecule has 0 aromatic heterocycles. The molecule has 0 aromatic carbocycles. The number of hydrogen-bond acceptors (Lipinski definition) is 5. The number of hydrogen-bond donors (Lipinski definition) is 1. The lowest BCUT2D eigenvalue weighted by Crippen LogP contribution is -2.37. The van der Waals surface area contributed by atoms with Gasteiger partial charge in [-0.3, -0.25) is 0 Å². The van der Waals surface area contributed by atoms with Crippen molar-refractivity contribution in [3.05, 3.63) is 0 Å².